The fraction of sp³-hybridized carbons (Fsp3) is 0.231. The van der Waals surface area contributed by atoms with Crippen molar-refractivity contribution < 1.29 is 14.3 Å². The molecule has 2 amide bonds. The number of anilines is 2. The number of hydrogen-bond donors (Lipinski definition) is 2. The van der Waals surface area contributed by atoms with E-state index in [1.54, 1.807) is 24.3 Å². The SMILES string of the molecule is Cc1cccc(NC(=O)c2cccc(NC(=O)COc3ccc(C(C)(C)C)cc3)c2)c1. The molecule has 3 rings (SSSR count). The van der Waals surface area contributed by atoms with E-state index in [1.807, 2.05) is 55.5 Å². The van der Waals surface area contributed by atoms with Gasteiger partial charge in [0.15, 0.2) is 6.61 Å². The first-order valence-corrected chi connectivity index (χ1v) is 10.2. The summed E-state index contributed by atoms with van der Waals surface area (Å²) < 4.78 is 5.58. The van der Waals surface area contributed by atoms with Crippen molar-refractivity contribution in [3.8, 4) is 5.75 Å². The average Bonchev–Trinajstić information content (AvgIpc) is 2.72. The van der Waals surface area contributed by atoms with Gasteiger partial charge in [0.25, 0.3) is 11.8 Å². The number of carbonyl (C=O) groups excluding carboxylic acids is 2. The first-order chi connectivity index (χ1) is 14.7. The van der Waals surface area contributed by atoms with Crippen LogP contribution in [0.2, 0.25) is 0 Å². The van der Waals surface area contributed by atoms with Crippen molar-refractivity contribution in [2.45, 2.75) is 33.1 Å². The van der Waals surface area contributed by atoms with Crippen LogP contribution >= 0.6 is 0 Å². The van der Waals surface area contributed by atoms with Gasteiger partial charge < -0.3 is 15.4 Å². The Kier molecular flexibility index (Phi) is 6.75. The Bertz CT molecular complexity index is 1070. The van der Waals surface area contributed by atoms with Crippen molar-refractivity contribution in [2.75, 3.05) is 17.2 Å². The van der Waals surface area contributed by atoms with Crippen molar-refractivity contribution in [2.24, 2.45) is 0 Å². The minimum Gasteiger partial charge on any atom is -0.484 e. The highest BCUT2D eigenvalue weighted by molar-refractivity contribution is 6.05. The smallest absolute Gasteiger partial charge is 0.262 e. The number of carbonyl (C=O) groups is 2. The van der Waals surface area contributed by atoms with E-state index in [0.29, 0.717) is 17.0 Å². The molecule has 0 aliphatic rings. The lowest BCUT2D eigenvalue weighted by Crippen LogP contribution is -2.20. The lowest BCUT2D eigenvalue weighted by atomic mass is 9.87. The van der Waals surface area contributed by atoms with E-state index in [9.17, 15) is 9.59 Å². The Hall–Kier alpha value is -3.60. The molecule has 0 spiro atoms. The molecule has 31 heavy (non-hydrogen) atoms. The molecule has 0 aliphatic heterocycles. The Morgan fingerprint density at radius 1 is 0.839 bits per heavy atom. The third kappa shape index (κ3) is 6.44. The number of nitrogens with one attached hydrogen (secondary N) is 2. The first kappa shape index (κ1) is 22.1. The molecule has 5 nitrogen and oxygen atoms in total. The van der Waals surface area contributed by atoms with E-state index in [2.05, 4.69) is 31.4 Å². The molecule has 0 saturated carbocycles. The molecule has 160 valence electrons. The third-order valence-electron chi connectivity index (χ3n) is 4.77. The normalized spacial score (nSPS) is 11.0. The van der Waals surface area contributed by atoms with Gasteiger partial charge in [-0.05, 0) is 65.9 Å². The van der Waals surface area contributed by atoms with E-state index in [1.165, 1.54) is 5.56 Å². The molecule has 3 aromatic rings. The van der Waals surface area contributed by atoms with Gasteiger partial charge in [-0.25, -0.2) is 0 Å². The average molecular weight is 417 g/mol. The van der Waals surface area contributed by atoms with Crippen molar-refractivity contribution in [1.82, 2.24) is 0 Å². The Labute approximate surface area is 183 Å². The molecule has 0 heterocycles. The Morgan fingerprint density at radius 3 is 2.13 bits per heavy atom. The van der Waals surface area contributed by atoms with E-state index in [4.69, 9.17) is 4.74 Å². The summed E-state index contributed by atoms with van der Waals surface area (Å²) in [6.45, 7) is 8.28. The van der Waals surface area contributed by atoms with Crippen molar-refractivity contribution >= 4 is 23.2 Å². The minimum absolute atomic E-state index is 0.0621. The summed E-state index contributed by atoms with van der Waals surface area (Å²) in [4.78, 5) is 24.8. The Morgan fingerprint density at radius 2 is 1.48 bits per heavy atom. The van der Waals surface area contributed by atoms with E-state index in [0.717, 1.165) is 11.3 Å². The maximum Gasteiger partial charge on any atom is 0.262 e. The van der Waals surface area contributed by atoms with Gasteiger partial charge in [-0.2, -0.15) is 0 Å². The monoisotopic (exact) mass is 416 g/mol. The van der Waals surface area contributed by atoms with Gasteiger partial charge in [-0.1, -0.05) is 51.1 Å². The molecule has 0 aromatic heterocycles. The third-order valence-corrected chi connectivity index (χ3v) is 4.77. The molecular formula is C26H28N2O3. The molecule has 5 heteroatoms. The molecular weight excluding hydrogens is 388 g/mol. The summed E-state index contributed by atoms with van der Waals surface area (Å²) in [6.07, 6.45) is 0. The number of hydrogen-bond acceptors (Lipinski definition) is 3. The van der Waals surface area contributed by atoms with Crippen LogP contribution < -0.4 is 15.4 Å². The zero-order valence-electron chi connectivity index (χ0n) is 18.4. The fourth-order valence-corrected chi connectivity index (χ4v) is 3.06. The van der Waals surface area contributed by atoms with Gasteiger partial charge in [0, 0.05) is 16.9 Å². The van der Waals surface area contributed by atoms with Crippen molar-refractivity contribution in [3.05, 3.63) is 89.5 Å². The summed E-state index contributed by atoms with van der Waals surface area (Å²) in [5, 5.41) is 5.64. The van der Waals surface area contributed by atoms with Crippen LogP contribution in [0.1, 0.15) is 42.3 Å². The lowest BCUT2D eigenvalue weighted by Gasteiger charge is -2.19. The predicted molar refractivity (Wildman–Crippen MR) is 125 cm³/mol. The molecule has 0 radical (unpaired) electrons. The molecule has 0 saturated heterocycles. The number of amides is 2. The molecule has 3 aromatic carbocycles. The largest absolute Gasteiger partial charge is 0.484 e. The van der Waals surface area contributed by atoms with Crippen LogP contribution in [-0.4, -0.2) is 18.4 Å². The highest BCUT2D eigenvalue weighted by Gasteiger charge is 2.13. The Balaban J connectivity index is 1.56. The second-order valence-corrected chi connectivity index (χ2v) is 8.52. The zero-order chi connectivity index (χ0) is 22.4. The van der Waals surface area contributed by atoms with Gasteiger partial charge in [0.2, 0.25) is 0 Å². The van der Waals surface area contributed by atoms with Crippen LogP contribution in [0.3, 0.4) is 0 Å². The second kappa shape index (κ2) is 9.47. The quantitative estimate of drug-likeness (QED) is 0.553. The summed E-state index contributed by atoms with van der Waals surface area (Å²) >= 11 is 0. The number of benzene rings is 3. The van der Waals surface area contributed by atoms with Gasteiger partial charge in [-0.15, -0.1) is 0 Å². The molecule has 0 unspecified atom stereocenters. The number of rotatable bonds is 6. The zero-order valence-corrected chi connectivity index (χ0v) is 18.4. The van der Waals surface area contributed by atoms with Gasteiger partial charge in [0.1, 0.15) is 5.75 Å². The summed E-state index contributed by atoms with van der Waals surface area (Å²) in [5.74, 6) is 0.0995. The fourth-order valence-electron chi connectivity index (χ4n) is 3.06. The predicted octanol–water partition coefficient (Wildman–Crippen LogP) is 5.56. The van der Waals surface area contributed by atoms with Gasteiger partial charge in [0.05, 0.1) is 0 Å². The molecule has 0 bridgehead atoms. The summed E-state index contributed by atoms with van der Waals surface area (Å²) in [7, 11) is 0. The van der Waals surface area contributed by atoms with Crippen molar-refractivity contribution in [3.63, 3.8) is 0 Å². The standard InChI is InChI=1S/C26H28N2O3/c1-18-7-5-9-21(15-18)28-25(30)19-8-6-10-22(16-19)27-24(29)17-31-23-13-11-20(12-14-23)26(2,3)4/h5-16H,17H2,1-4H3,(H,27,29)(H,28,30). The topological polar surface area (TPSA) is 67.4 Å². The van der Waals surface area contributed by atoms with Crippen LogP contribution in [-0.2, 0) is 10.2 Å². The lowest BCUT2D eigenvalue weighted by molar-refractivity contribution is -0.118. The summed E-state index contributed by atoms with van der Waals surface area (Å²) in [6, 6.07) is 22.1. The second-order valence-electron chi connectivity index (χ2n) is 8.52. The van der Waals surface area contributed by atoms with Crippen LogP contribution in [0, 0.1) is 6.92 Å². The van der Waals surface area contributed by atoms with Crippen LogP contribution in [0.5, 0.6) is 5.75 Å². The summed E-state index contributed by atoms with van der Waals surface area (Å²) in [5.41, 5.74) is 4.04. The molecule has 0 fully saturated rings. The first-order valence-electron chi connectivity index (χ1n) is 10.2. The van der Waals surface area contributed by atoms with E-state index in [-0.39, 0.29) is 23.8 Å². The van der Waals surface area contributed by atoms with Crippen LogP contribution in [0.15, 0.2) is 72.8 Å². The van der Waals surface area contributed by atoms with E-state index >= 15 is 0 Å². The highest BCUT2D eigenvalue weighted by Crippen LogP contribution is 2.24. The highest BCUT2D eigenvalue weighted by atomic mass is 16.5. The number of ether oxygens (including phenoxy) is 1. The minimum atomic E-state index is -0.295. The van der Waals surface area contributed by atoms with E-state index < -0.39 is 0 Å². The molecule has 0 atom stereocenters. The number of aryl methyl sites for hydroxylation is 1. The molecule has 0 aliphatic carbocycles. The maximum atomic E-state index is 12.5. The van der Waals surface area contributed by atoms with Gasteiger partial charge in [-0.3, -0.25) is 9.59 Å². The molecule has 2 N–H and O–H groups in total. The van der Waals surface area contributed by atoms with Gasteiger partial charge >= 0.3 is 0 Å². The van der Waals surface area contributed by atoms with Crippen LogP contribution in [0.4, 0.5) is 11.4 Å². The maximum absolute atomic E-state index is 12.5. The van der Waals surface area contributed by atoms with Crippen LogP contribution in [0.25, 0.3) is 0 Å². The van der Waals surface area contributed by atoms with Crippen molar-refractivity contribution in [1.29, 1.82) is 0 Å².